The van der Waals surface area contributed by atoms with Crippen molar-refractivity contribution in [2.75, 3.05) is 11.5 Å². The lowest BCUT2D eigenvalue weighted by molar-refractivity contribution is -0.132. The number of ether oxygens (including phenoxy) is 2. The van der Waals surface area contributed by atoms with Gasteiger partial charge in [-0.15, -0.1) is 0 Å². The van der Waals surface area contributed by atoms with Gasteiger partial charge in [-0.3, -0.25) is 14.5 Å². The molecule has 3 heterocycles. The second kappa shape index (κ2) is 10.4. The maximum atomic E-state index is 13.6. The third-order valence-corrected chi connectivity index (χ3v) is 8.33. The summed E-state index contributed by atoms with van der Waals surface area (Å²) in [5.41, 5.74) is 3.97. The third kappa shape index (κ3) is 4.62. The molecule has 2 atom stereocenters. The van der Waals surface area contributed by atoms with Gasteiger partial charge in [0.25, 0.3) is 5.78 Å². The van der Waals surface area contributed by atoms with Crippen molar-refractivity contribution in [3.05, 3.63) is 88.5 Å². The van der Waals surface area contributed by atoms with Gasteiger partial charge in [0.15, 0.2) is 5.13 Å². The molecule has 2 aliphatic rings. The van der Waals surface area contributed by atoms with Gasteiger partial charge in [0.05, 0.1) is 28.4 Å². The molecule has 1 saturated heterocycles. The van der Waals surface area contributed by atoms with E-state index in [1.54, 1.807) is 12.1 Å². The maximum Gasteiger partial charge on any atom is 0.301 e. The molecular weight excluding hydrogens is 524 g/mol. The van der Waals surface area contributed by atoms with Crippen LogP contribution in [0.3, 0.4) is 0 Å². The molecule has 0 aliphatic carbocycles. The van der Waals surface area contributed by atoms with Gasteiger partial charge in [-0.25, -0.2) is 4.98 Å². The molecule has 1 N–H and O–H groups in total. The minimum absolute atomic E-state index is 0.0343. The Morgan fingerprint density at radius 2 is 1.93 bits per heavy atom. The number of fused-ring (bicyclic) bond motifs is 2. The van der Waals surface area contributed by atoms with E-state index in [1.807, 2.05) is 62.4 Å². The second-order valence-corrected chi connectivity index (χ2v) is 11.4. The quantitative estimate of drug-likeness (QED) is 0.118. The molecule has 204 valence electrons. The SMILES string of the molecule is CCCCOc1ccc(C2C(=C(O)c3ccc4c(c3)CC(C)O4)C(=O)C(=O)N2c2nc3ccc(C)cc3s2)cc1. The van der Waals surface area contributed by atoms with E-state index in [9.17, 15) is 14.7 Å². The molecule has 1 fully saturated rings. The van der Waals surface area contributed by atoms with Gasteiger partial charge in [0.2, 0.25) is 0 Å². The number of carbonyl (C=O) groups is 2. The summed E-state index contributed by atoms with van der Waals surface area (Å²) < 4.78 is 12.6. The molecule has 6 rings (SSSR count). The van der Waals surface area contributed by atoms with Crippen molar-refractivity contribution in [2.24, 2.45) is 0 Å². The number of rotatable bonds is 7. The molecule has 1 amide bonds. The van der Waals surface area contributed by atoms with Crippen molar-refractivity contribution in [2.45, 2.75) is 52.2 Å². The fraction of sp³-hybridized carbons (Fsp3) is 0.281. The molecule has 0 spiro atoms. The number of amides is 1. The largest absolute Gasteiger partial charge is 0.507 e. The summed E-state index contributed by atoms with van der Waals surface area (Å²) in [5.74, 6) is -0.203. The summed E-state index contributed by atoms with van der Waals surface area (Å²) in [6, 6.07) is 17.7. The molecule has 0 radical (unpaired) electrons. The Kier molecular flexibility index (Phi) is 6.80. The monoisotopic (exact) mass is 554 g/mol. The lowest BCUT2D eigenvalue weighted by atomic mass is 9.94. The van der Waals surface area contributed by atoms with Crippen LogP contribution in [0.2, 0.25) is 0 Å². The number of hydrogen-bond donors (Lipinski definition) is 1. The predicted molar refractivity (Wildman–Crippen MR) is 156 cm³/mol. The summed E-state index contributed by atoms with van der Waals surface area (Å²) in [5, 5.41) is 12.0. The fourth-order valence-electron chi connectivity index (χ4n) is 5.27. The first-order valence-corrected chi connectivity index (χ1v) is 14.4. The molecule has 40 heavy (non-hydrogen) atoms. The lowest BCUT2D eigenvalue weighted by Crippen LogP contribution is -2.29. The van der Waals surface area contributed by atoms with Crippen LogP contribution in [0, 0.1) is 6.92 Å². The van der Waals surface area contributed by atoms with Crippen LogP contribution in [-0.4, -0.2) is 34.5 Å². The van der Waals surface area contributed by atoms with Crippen molar-refractivity contribution in [1.82, 2.24) is 4.98 Å². The Bertz CT molecular complexity index is 1660. The van der Waals surface area contributed by atoms with Crippen molar-refractivity contribution >= 4 is 44.1 Å². The number of aryl methyl sites for hydroxylation is 1. The first-order chi connectivity index (χ1) is 19.3. The highest BCUT2D eigenvalue weighted by Gasteiger charge is 2.48. The summed E-state index contributed by atoms with van der Waals surface area (Å²) in [4.78, 5) is 33.3. The Labute approximate surface area is 236 Å². The summed E-state index contributed by atoms with van der Waals surface area (Å²) in [6.07, 6.45) is 2.73. The van der Waals surface area contributed by atoms with E-state index in [0.29, 0.717) is 35.0 Å². The van der Waals surface area contributed by atoms with Crippen LogP contribution in [-0.2, 0) is 16.0 Å². The number of aliphatic hydroxyl groups is 1. The minimum Gasteiger partial charge on any atom is -0.507 e. The van der Waals surface area contributed by atoms with E-state index in [0.717, 1.165) is 39.9 Å². The molecule has 3 aromatic carbocycles. The van der Waals surface area contributed by atoms with Crippen LogP contribution >= 0.6 is 11.3 Å². The normalized spacial score (nSPS) is 19.7. The minimum atomic E-state index is -0.852. The van der Waals surface area contributed by atoms with Crippen LogP contribution in [0.15, 0.2) is 66.2 Å². The van der Waals surface area contributed by atoms with Crippen LogP contribution in [0.5, 0.6) is 11.5 Å². The van der Waals surface area contributed by atoms with E-state index >= 15 is 0 Å². The average molecular weight is 555 g/mol. The number of aromatic nitrogens is 1. The number of hydrogen-bond acceptors (Lipinski definition) is 7. The van der Waals surface area contributed by atoms with Gasteiger partial charge in [0, 0.05) is 12.0 Å². The third-order valence-electron chi connectivity index (χ3n) is 7.32. The Morgan fingerprint density at radius 1 is 1.12 bits per heavy atom. The van der Waals surface area contributed by atoms with Gasteiger partial charge in [-0.05, 0) is 79.4 Å². The molecule has 2 aliphatic heterocycles. The Morgan fingerprint density at radius 3 is 2.70 bits per heavy atom. The highest BCUT2D eigenvalue weighted by molar-refractivity contribution is 7.22. The number of carbonyl (C=O) groups excluding carboxylic acids is 2. The highest BCUT2D eigenvalue weighted by Crippen LogP contribution is 2.45. The molecule has 0 bridgehead atoms. The van der Waals surface area contributed by atoms with Crippen molar-refractivity contribution in [1.29, 1.82) is 0 Å². The van der Waals surface area contributed by atoms with Crippen molar-refractivity contribution in [3.8, 4) is 11.5 Å². The zero-order chi connectivity index (χ0) is 28.0. The lowest BCUT2D eigenvalue weighted by Gasteiger charge is -2.23. The molecule has 4 aromatic rings. The van der Waals surface area contributed by atoms with Crippen LogP contribution in [0.1, 0.15) is 55.0 Å². The summed E-state index contributed by atoms with van der Waals surface area (Å²) in [7, 11) is 0. The maximum absolute atomic E-state index is 13.6. The van der Waals surface area contributed by atoms with E-state index in [-0.39, 0.29) is 17.4 Å². The van der Waals surface area contributed by atoms with Gasteiger partial charge in [0.1, 0.15) is 23.4 Å². The zero-order valence-electron chi connectivity index (χ0n) is 22.6. The molecule has 7 nitrogen and oxygen atoms in total. The predicted octanol–water partition coefficient (Wildman–Crippen LogP) is 6.73. The first kappa shape index (κ1) is 26.1. The summed E-state index contributed by atoms with van der Waals surface area (Å²) in [6.45, 7) is 6.70. The second-order valence-electron chi connectivity index (χ2n) is 10.4. The number of Topliss-reactive ketones (excluding diaryl/α,β-unsaturated/α-hetero) is 1. The van der Waals surface area contributed by atoms with E-state index < -0.39 is 17.7 Å². The van der Waals surface area contributed by atoms with Gasteiger partial charge >= 0.3 is 5.91 Å². The smallest absolute Gasteiger partial charge is 0.301 e. The number of thiazole rings is 1. The highest BCUT2D eigenvalue weighted by atomic mass is 32.1. The van der Waals surface area contributed by atoms with Crippen molar-refractivity contribution in [3.63, 3.8) is 0 Å². The molecule has 0 saturated carbocycles. The van der Waals surface area contributed by atoms with E-state index in [1.165, 1.54) is 16.2 Å². The number of nitrogens with zero attached hydrogens (tertiary/aromatic N) is 2. The van der Waals surface area contributed by atoms with Crippen LogP contribution in [0.25, 0.3) is 16.0 Å². The number of benzene rings is 3. The number of aliphatic hydroxyl groups excluding tert-OH is 1. The number of anilines is 1. The standard InChI is InChI=1S/C32H30N2O5S/c1-4-5-14-38-23-10-7-20(8-11-23)28-27(29(35)21-9-13-25-22(17-21)16-19(3)39-25)30(36)31(37)34(28)32-33-24-12-6-18(2)15-26(24)40-32/h6-13,15,17,19,28,35H,4-5,14,16H2,1-3H3. The van der Waals surface area contributed by atoms with E-state index in [2.05, 4.69) is 6.92 Å². The average Bonchev–Trinajstić information content (AvgIpc) is 3.60. The molecule has 1 aromatic heterocycles. The zero-order valence-corrected chi connectivity index (χ0v) is 23.5. The van der Waals surface area contributed by atoms with Crippen molar-refractivity contribution < 1.29 is 24.2 Å². The summed E-state index contributed by atoms with van der Waals surface area (Å²) >= 11 is 1.35. The first-order valence-electron chi connectivity index (χ1n) is 13.5. The topological polar surface area (TPSA) is 89.0 Å². The fourth-order valence-corrected chi connectivity index (χ4v) is 6.36. The van der Waals surface area contributed by atoms with Gasteiger partial charge in [-0.1, -0.05) is 42.9 Å². The number of ketones is 1. The Balaban J connectivity index is 1.47. The van der Waals surface area contributed by atoms with Gasteiger partial charge in [-0.2, -0.15) is 0 Å². The molecular formula is C32H30N2O5S. The van der Waals surface area contributed by atoms with Crippen LogP contribution in [0.4, 0.5) is 5.13 Å². The Hall–Kier alpha value is -4.17. The van der Waals surface area contributed by atoms with Crippen LogP contribution < -0.4 is 14.4 Å². The van der Waals surface area contributed by atoms with E-state index in [4.69, 9.17) is 14.5 Å². The molecule has 2 unspecified atom stereocenters. The number of unbranched alkanes of at least 4 members (excludes halogenated alkanes) is 1. The van der Waals surface area contributed by atoms with Gasteiger partial charge < -0.3 is 14.6 Å². The molecule has 8 heteroatoms.